The minimum absolute atomic E-state index is 0.0766. The van der Waals surface area contributed by atoms with E-state index in [1.54, 1.807) is 5.57 Å². The van der Waals surface area contributed by atoms with E-state index in [0.717, 1.165) is 87.4 Å². The third kappa shape index (κ3) is 12.0. The van der Waals surface area contributed by atoms with Crippen LogP contribution in [0.25, 0.3) is 0 Å². The Balaban J connectivity index is 0.000000338. The molecule has 10 N–H and O–H groups in total. The molecule has 4 aliphatic rings. The monoisotopic (exact) mass is 650 g/mol. The summed E-state index contributed by atoms with van der Waals surface area (Å²) < 4.78 is 4.34. The zero-order chi connectivity index (χ0) is 34.2. The lowest BCUT2D eigenvalue weighted by Crippen LogP contribution is -2.50. The maximum atomic E-state index is 10.2. The molecule has 0 aromatic carbocycles. The van der Waals surface area contributed by atoms with Crippen LogP contribution < -0.4 is 28.3 Å². The largest absolute Gasteiger partial charge is 0.450 e. The molecule has 4 rings (SSSR count). The number of carbonyl (C=O) groups is 1. The molecular weight excluding hydrogens is 574 g/mol. The van der Waals surface area contributed by atoms with Crippen LogP contribution in [0.1, 0.15) is 131 Å². The van der Waals surface area contributed by atoms with Crippen molar-refractivity contribution in [1.82, 2.24) is 5.32 Å². The molecule has 8 heteroatoms. The first-order valence-electron chi connectivity index (χ1n) is 19.0. The molecule has 0 aromatic rings. The van der Waals surface area contributed by atoms with E-state index in [1.165, 1.54) is 64.2 Å². The van der Waals surface area contributed by atoms with Crippen molar-refractivity contribution in [2.45, 2.75) is 137 Å². The number of carbonyl (C=O) groups excluding carboxylic acids is 1. The normalized spacial score (nSPS) is 32.0. The maximum absolute atomic E-state index is 10.2. The van der Waals surface area contributed by atoms with Crippen LogP contribution in [-0.4, -0.2) is 56.6 Å². The van der Waals surface area contributed by atoms with Gasteiger partial charge in [-0.1, -0.05) is 65.5 Å². The lowest BCUT2D eigenvalue weighted by Gasteiger charge is -2.58. The van der Waals surface area contributed by atoms with Gasteiger partial charge in [-0.25, -0.2) is 4.79 Å². The van der Waals surface area contributed by atoms with Crippen molar-refractivity contribution in [2.75, 3.05) is 39.3 Å². The fourth-order valence-corrected chi connectivity index (χ4v) is 9.67. The quantitative estimate of drug-likeness (QED) is 0.0873. The number of nitrogens with one attached hydrogen (secondary N) is 1. The number of aliphatic hydroxyl groups is 1. The number of hydrogen-bond donors (Lipinski definition) is 6. The second-order valence-electron chi connectivity index (χ2n) is 15.9. The SMILES string of the molecule is CC(C)CCC[C@@H](C)[C@H]1CC[C@H]2[C@@H]3CC=C4C[C@@H](O)CC[C@]4(C)[C@H]3CC[C@]12C.NCCCCNCCCN.NCCCOC(N)=O. The van der Waals surface area contributed by atoms with Crippen molar-refractivity contribution in [3.8, 4) is 0 Å². The zero-order valence-corrected chi connectivity index (χ0v) is 30.5. The number of amides is 1. The predicted octanol–water partition coefficient (Wildman–Crippen LogP) is 6.48. The molecular formula is C38H75N5O3. The van der Waals surface area contributed by atoms with Crippen LogP contribution in [0.5, 0.6) is 0 Å². The Morgan fingerprint density at radius 3 is 2.26 bits per heavy atom. The molecule has 0 aliphatic heterocycles. The maximum Gasteiger partial charge on any atom is 0.404 e. The molecule has 0 aromatic heterocycles. The number of unbranched alkanes of at least 4 members (excludes halogenated alkanes) is 1. The third-order valence-electron chi connectivity index (χ3n) is 12.2. The molecule has 0 heterocycles. The summed E-state index contributed by atoms with van der Waals surface area (Å²) >= 11 is 0. The topological polar surface area (TPSA) is 163 Å². The van der Waals surface area contributed by atoms with E-state index in [0.29, 0.717) is 30.4 Å². The van der Waals surface area contributed by atoms with Gasteiger partial charge >= 0.3 is 6.09 Å². The van der Waals surface area contributed by atoms with Crippen LogP contribution in [0, 0.1) is 46.3 Å². The number of hydrogen-bond acceptors (Lipinski definition) is 7. The minimum Gasteiger partial charge on any atom is -0.450 e. The van der Waals surface area contributed by atoms with E-state index in [4.69, 9.17) is 17.2 Å². The van der Waals surface area contributed by atoms with Crippen molar-refractivity contribution in [3.63, 3.8) is 0 Å². The molecule has 8 nitrogen and oxygen atoms in total. The van der Waals surface area contributed by atoms with Crippen molar-refractivity contribution in [2.24, 2.45) is 69.3 Å². The number of rotatable bonds is 15. The van der Waals surface area contributed by atoms with Gasteiger partial charge in [-0.15, -0.1) is 0 Å². The van der Waals surface area contributed by atoms with Gasteiger partial charge in [0.15, 0.2) is 0 Å². The van der Waals surface area contributed by atoms with Crippen molar-refractivity contribution in [3.05, 3.63) is 11.6 Å². The number of allylic oxidation sites excluding steroid dienone is 1. The van der Waals surface area contributed by atoms with Crippen LogP contribution in [0.4, 0.5) is 4.79 Å². The molecule has 3 fully saturated rings. The molecule has 3 saturated carbocycles. The number of ether oxygens (including phenoxy) is 1. The summed E-state index contributed by atoms with van der Waals surface area (Å²) in [6, 6.07) is 0. The summed E-state index contributed by atoms with van der Waals surface area (Å²) in [5.41, 5.74) is 22.9. The smallest absolute Gasteiger partial charge is 0.404 e. The van der Waals surface area contributed by atoms with Gasteiger partial charge in [-0.05, 0) is 156 Å². The highest BCUT2D eigenvalue weighted by molar-refractivity contribution is 5.64. The Morgan fingerprint density at radius 2 is 1.61 bits per heavy atom. The third-order valence-corrected chi connectivity index (χ3v) is 12.2. The van der Waals surface area contributed by atoms with Crippen LogP contribution in [-0.2, 0) is 4.74 Å². The summed E-state index contributed by atoms with van der Waals surface area (Å²) in [7, 11) is 0. The molecule has 0 spiro atoms. The summed E-state index contributed by atoms with van der Waals surface area (Å²) in [4.78, 5) is 9.83. The average molecular weight is 650 g/mol. The van der Waals surface area contributed by atoms with E-state index in [9.17, 15) is 9.90 Å². The van der Waals surface area contributed by atoms with Gasteiger partial charge in [0, 0.05) is 0 Å². The summed E-state index contributed by atoms with van der Waals surface area (Å²) in [6.07, 6.45) is 20.5. The highest BCUT2D eigenvalue weighted by Crippen LogP contribution is 2.67. The first-order chi connectivity index (χ1) is 21.9. The summed E-state index contributed by atoms with van der Waals surface area (Å²) in [5.74, 6) is 5.46. The Hall–Kier alpha value is -1.19. The lowest BCUT2D eigenvalue weighted by atomic mass is 9.47. The Kier molecular flexibility index (Phi) is 18.7. The number of fused-ring (bicyclic) bond motifs is 5. The predicted molar refractivity (Wildman–Crippen MR) is 193 cm³/mol. The molecule has 0 radical (unpaired) electrons. The second-order valence-corrected chi connectivity index (χ2v) is 15.9. The standard InChI is InChI=1S/C27H46O.C7H19N3.C4H10N2O2/c1-18(2)7-6-8-19(3)23-11-12-24-22-10-9-20-17-21(28)13-15-26(20,4)25(22)14-16-27(23,24)5;8-4-1-2-6-10-7-3-5-9;5-2-1-3-8-4(6)7/h9,18-19,21-25,28H,6-8,10-17H2,1-5H3;10H,1-9H2;1-3,5H2,(H2,6,7)/t19-,21+,22+,23-,24+,25+,26+,27-;;/m1../s1. The van der Waals surface area contributed by atoms with E-state index in [2.05, 4.69) is 56.5 Å². The number of aliphatic hydroxyl groups excluding tert-OH is 1. The first kappa shape index (κ1) is 41.0. The van der Waals surface area contributed by atoms with E-state index >= 15 is 0 Å². The fourth-order valence-electron chi connectivity index (χ4n) is 9.67. The van der Waals surface area contributed by atoms with Gasteiger partial charge in [0.05, 0.1) is 12.7 Å². The van der Waals surface area contributed by atoms with Crippen LogP contribution in [0.3, 0.4) is 0 Å². The summed E-state index contributed by atoms with van der Waals surface area (Å²) in [5, 5.41) is 13.5. The molecule has 4 aliphatic carbocycles. The molecule has 0 saturated heterocycles. The highest BCUT2D eigenvalue weighted by atomic mass is 16.5. The van der Waals surface area contributed by atoms with Gasteiger partial charge in [-0.2, -0.15) is 0 Å². The lowest BCUT2D eigenvalue weighted by molar-refractivity contribution is -0.0573. The molecule has 0 unspecified atom stereocenters. The molecule has 0 bridgehead atoms. The van der Waals surface area contributed by atoms with Crippen molar-refractivity contribution < 1.29 is 14.6 Å². The van der Waals surface area contributed by atoms with Crippen LogP contribution >= 0.6 is 0 Å². The van der Waals surface area contributed by atoms with E-state index < -0.39 is 6.09 Å². The van der Waals surface area contributed by atoms with Gasteiger partial charge in [0.25, 0.3) is 0 Å². The average Bonchev–Trinajstić information content (AvgIpc) is 3.37. The van der Waals surface area contributed by atoms with Crippen LogP contribution in [0.15, 0.2) is 11.6 Å². The van der Waals surface area contributed by atoms with Crippen molar-refractivity contribution in [1.29, 1.82) is 0 Å². The molecule has 1 amide bonds. The van der Waals surface area contributed by atoms with Gasteiger partial charge in [-0.3, -0.25) is 0 Å². The van der Waals surface area contributed by atoms with Crippen molar-refractivity contribution >= 4 is 6.09 Å². The Labute approximate surface area is 283 Å². The molecule has 46 heavy (non-hydrogen) atoms. The molecule has 270 valence electrons. The zero-order valence-electron chi connectivity index (χ0n) is 30.5. The highest BCUT2D eigenvalue weighted by Gasteiger charge is 2.59. The number of primary amides is 1. The first-order valence-corrected chi connectivity index (χ1v) is 19.0. The van der Waals surface area contributed by atoms with E-state index in [1.807, 2.05) is 0 Å². The summed E-state index contributed by atoms with van der Waals surface area (Å²) in [6.45, 7) is 17.1. The van der Waals surface area contributed by atoms with Gasteiger partial charge in [0.2, 0.25) is 0 Å². The number of nitrogens with two attached hydrogens (primary N) is 4. The fraction of sp³-hybridized carbons (Fsp3) is 0.921. The second kappa shape index (κ2) is 21.0. The molecule has 8 atom stereocenters. The minimum atomic E-state index is -0.738. The van der Waals surface area contributed by atoms with Crippen LogP contribution in [0.2, 0.25) is 0 Å². The Morgan fingerprint density at radius 1 is 0.913 bits per heavy atom. The van der Waals surface area contributed by atoms with Gasteiger partial charge < -0.3 is 38.1 Å². The Bertz CT molecular complexity index is 876. The van der Waals surface area contributed by atoms with Gasteiger partial charge in [0.1, 0.15) is 0 Å². The van der Waals surface area contributed by atoms with E-state index in [-0.39, 0.29) is 6.10 Å².